The van der Waals surface area contributed by atoms with Gasteiger partial charge in [0.1, 0.15) is 10.6 Å². The predicted molar refractivity (Wildman–Crippen MR) is 87.6 cm³/mol. The molecule has 0 aliphatic rings. The minimum Gasteiger partial charge on any atom is -0.465 e. The molecule has 0 saturated carbocycles. The lowest BCUT2D eigenvalue weighted by atomic mass is 10.2. The molecule has 0 aliphatic heterocycles. The molecule has 1 aromatic carbocycles. The van der Waals surface area contributed by atoms with Gasteiger partial charge in [-0.1, -0.05) is 11.2 Å². The quantitative estimate of drug-likeness (QED) is 0.729. The number of esters is 1. The van der Waals surface area contributed by atoms with Crippen LogP contribution in [0.4, 0.5) is 5.69 Å². The zero-order chi connectivity index (χ0) is 18.6. The van der Waals surface area contributed by atoms with Crippen molar-refractivity contribution >= 4 is 27.6 Å². The molecule has 2 aromatic rings. The molecule has 0 unspecified atom stereocenters. The fourth-order valence-electron chi connectivity index (χ4n) is 2.14. The Bertz CT molecular complexity index is 884. The fraction of sp³-hybridized carbons (Fsp3) is 0.267. The van der Waals surface area contributed by atoms with Crippen LogP contribution in [0.5, 0.6) is 0 Å². The zero-order valence-electron chi connectivity index (χ0n) is 13.8. The van der Waals surface area contributed by atoms with Gasteiger partial charge in [0.15, 0.2) is 5.76 Å². The molecule has 25 heavy (non-hydrogen) atoms. The van der Waals surface area contributed by atoms with Crippen LogP contribution in [-0.4, -0.2) is 39.1 Å². The average Bonchev–Trinajstić information content (AvgIpc) is 2.92. The summed E-state index contributed by atoms with van der Waals surface area (Å²) in [5, 5.41) is 6.07. The Kier molecular flexibility index (Phi) is 5.55. The van der Waals surface area contributed by atoms with E-state index in [1.54, 1.807) is 12.1 Å². The van der Waals surface area contributed by atoms with Crippen molar-refractivity contribution in [2.45, 2.75) is 18.7 Å². The second-order valence-electron chi connectivity index (χ2n) is 5.10. The first kappa shape index (κ1) is 18.6. The molecule has 2 rings (SSSR count). The molecule has 0 spiro atoms. The van der Waals surface area contributed by atoms with Crippen LogP contribution >= 0.6 is 0 Å². The van der Waals surface area contributed by atoms with Gasteiger partial charge in [0, 0.05) is 5.69 Å². The molecular formula is C15H17N3O6S. The first-order valence-corrected chi connectivity index (χ1v) is 8.63. The highest BCUT2D eigenvalue weighted by molar-refractivity contribution is 7.89. The smallest absolute Gasteiger partial charge is 0.337 e. The number of anilines is 1. The van der Waals surface area contributed by atoms with Gasteiger partial charge >= 0.3 is 5.97 Å². The van der Waals surface area contributed by atoms with Crippen LogP contribution in [0.1, 0.15) is 21.8 Å². The topological polar surface area (TPSA) is 128 Å². The zero-order valence-corrected chi connectivity index (χ0v) is 14.6. The minimum absolute atomic E-state index is 0.0898. The second kappa shape index (κ2) is 7.45. The molecule has 0 saturated heterocycles. The Morgan fingerprint density at radius 2 is 2.00 bits per heavy atom. The second-order valence-corrected chi connectivity index (χ2v) is 6.80. The number of methoxy groups -OCH3 is 1. The van der Waals surface area contributed by atoms with E-state index in [4.69, 9.17) is 4.52 Å². The van der Waals surface area contributed by atoms with E-state index in [1.807, 2.05) is 0 Å². The summed E-state index contributed by atoms with van der Waals surface area (Å²) < 4.78 is 36.0. The third-order valence-electron chi connectivity index (χ3n) is 3.23. The number of benzene rings is 1. The number of hydrogen-bond acceptors (Lipinski definition) is 7. The Balaban J connectivity index is 2.03. The van der Waals surface area contributed by atoms with Crippen molar-refractivity contribution in [1.82, 2.24) is 9.88 Å². The maximum atomic E-state index is 12.2. The van der Waals surface area contributed by atoms with Crippen LogP contribution in [0.25, 0.3) is 0 Å². The summed E-state index contributed by atoms with van der Waals surface area (Å²) in [6, 6.07) is 6.08. The highest BCUT2D eigenvalue weighted by Crippen LogP contribution is 2.18. The van der Waals surface area contributed by atoms with E-state index in [2.05, 4.69) is 19.9 Å². The van der Waals surface area contributed by atoms with E-state index in [1.165, 1.54) is 33.1 Å². The predicted octanol–water partition coefficient (Wildman–Crippen LogP) is 0.995. The molecule has 0 aliphatic carbocycles. The molecular weight excluding hydrogens is 350 g/mol. The van der Waals surface area contributed by atoms with Crippen molar-refractivity contribution in [2.24, 2.45) is 0 Å². The third kappa shape index (κ3) is 4.43. The van der Waals surface area contributed by atoms with Crippen LogP contribution in [0.3, 0.4) is 0 Å². The van der Waals surface area contributed by atoms with E-state index < -0.39 is 28.4 Å². The summed E-state index contributed by atoms with van der Waals surface area (Å²) in [5.74, 6) is -1.01. The van der Waals surface area contributed by atoms with E-state index in [0.717, 1.165) is 0 Å². The van der Waals surface area contributed by atoms with Crippen molar-refractivity contribution in [3.05, 3.63) is 41.3 Å². The monoisotopic (exact) mass is 367 g/mol. The summed E-state index contributed by atoms with van der Waals surface area (Å²) in [7, 11) is -2.69. The summed E-state index contributed by atoms with van der Waals surface area (Å²) >= 11 is 0. The molecule has 1 aromatic heterocycles. The van der Waals surface area contributed by atoms with Crippen LogP contribution in [-0.2, 0) is 19.6 Å². The Hall–Kier alpha value is -2.72. The lowest BCUT2D eigenvalue weighted by Crippen LogP contribution is -2.33. The number of carbonyl (C=O) groups is 2. The van der Waals surface area contributed by atoms with Gasteiger partial charge in [-0.05, 0) is 32.0 Å². The number of sulfonamides is 1. The lowest BCUT2D eigenvalue weighted by Gasteiger charge is -2.08. The molecule has 0 bridgehead atoms. The van der Waals surface area contributed by atoms with Crippen LogP contribution in [0.15, 0.2) is 33.7 Å². The number of ether oxygens (including phenoxy) is 1. The van der Waals surface area contributed by atoms with E-state index >= 15 is 0 Å². The summed E-state index contributed by atoms with van der Waals surface area (Å²) in [6.07, 6.45) is 0. The van der Waals surface area contributed by atoms with Crippen LogP contribution in [0.2, 0.25) is 0 Å². The highest BCUT2D eigenvalue weighted by Gasteiger charge is 2.24. The third-order valence-corrected chi connectivity index (χ3v) is 4.87. The van der Waals surface area contributed by atoms with Crippen molar-refractivity contribution in [2.75, 3.05) is 19.0 Å². The van der Waals surface area contributed by atoms with Gasteiger partial charge in [0.25, 0.3) is 0 Å². The summed E-state index contributed by atoms with van der Waals surface area (Å²) in [5.41, 5.74) is 0.803. The number of rotatable bonds is 6. The molecule has 10 heteroatoms. The van der Waals surface area contributed by atoms with Gasteiger partial charge in [-0.25, -0.2) is 17.9 Å². The number of amides is 1. The molecule has 0 atom stereocenters. The maximum Gasteiger partial charge on any atom is 0.337 e. The van der Waals surface area contributed by atoms with Crippen molar-refractivity contribution in [3.63, 3.8) is 0 Å². The number of carbonyl (C=O) groups excluding carboxylic acids is 2. The van der Waals surface area contributed by atoms with Crippen molar-refractivity contribution < 1.29 is 27.3 Å². The first-order chi connectivity index (χ1) is 11.7. The van der Waals surface area contributed by atoms with Crippen LogP contribution < -0.4 is 10.0 Å². The molecule has 0 radical (unpaired) electrons. The van der Waals surface area contributed by atoms with E-state index in [0.29, 0.717) is 5.69 Å². The number of aromatic nitrogens is 1. The van der Waals surface area contributed by atoms with Crippen molar-refractivity contribution in [3.8, 4) is 0 Å². The largest absolute Gasteiger partial charge is 0.465 e. The number of hydrogen-bond donors (Lipinski definition) is 2. The lowest BCUT2D eigenvalue weighted by molar-refractivity contribution is -0.115. The average molecular weight is 367 g/mol. The van der Waals surface area contributed by atoms with Gasteiger partial charge in [-0.3, -0.25) is 4.79 Å². The Morgan fingerprint density at radius 3 is 2.60 bits per heavy atom. The molecule has 1 heterocycles. The van der Waals surface area contributed by atoms with Gasteiger partial charge in [-0.15, -0.1) is 0 Å². The molecule has 1 amide bonds. The van der Waals surface area contributed by atoms with E-state index in [-0.39, 0.29) is 21.9 Å². The van der Waals surface area contributed by atoms with Crippen molar-refractivity contribution in [1.29, 1.82) is 0 Å². The Labute approximate surface area is 144 Å². The van der Waals surface area contributed by atoms with Gasteiger partial charge < -0.3 is 14.6 Å². The van der Waals surface area contributed by atoms with Gasteiger partial charge in [-0.2, -0.15) is 0 Å². The highest BCUT2D eigenvalue weighted by atomic mass is 32.2. The Morgan fingerprint density at radius 1 is 1.28 bits per heavy atom. The van der Waals surface area contributed by atoms with Gasteiger partial charge in [0.05, 0.1) is 19.2 Å². The van der Waals surface area contributed by atoms with Gasteiger partial charge in [0.2, 0.25) is 15.9 Å². The van der Waals surface area contributed by atoms with E-state index in [9.17, 15) is 18.0 Å². The van der Waals surface area contributed by atoms with Crippen LogP contribution in [0, 0.1) is 13.8 Å². The minimum atomic E-state index is -3.93. The standard InChI is InChI=1S/C15H17N3O6S/c1-9-14(10(2)24-18-9)25(21,22)16-8-13(19)17-12-6-4-5-11(7-12)15(20)23-3/h4-7,16H,8H2,1-3H3,(H,17,19). The molecule has 134 valence electrons. The summed E-state index contributed by atoms with van der Waals surface area (Å²) in [6.45, 7) is 2.46. The normalized spacial score (nSPS) is 11.2. The fourth-order valence-corrected chi connectivity index (χ4v) is 3.45. The number of nitrogens with zero attached hydrogens (tertiary/aromatic N) is 1. The number of aryl methyl sites for hydroxylation is 2. The number of nitrogens with one attached hydrogen (secondary N) is 2. The summed E-state index contributed by atoms with van der Waals surface area (Å²) in [4.78, 5) is 23.3. The molecule has 2 N–H and O–H groups in total. The maximum absolute atomic E-state index is 12.2. The SMILES string of the molecule is COC(=O)c1cccc(NC(=O)CNS(=O)(=O)c2c(C)noc2C)c1. The molecule has 9 nitrogen and oxygen atoms in total. The molecule has 0 fully saturated rings. The first-order valence-electron chi connectivity index (χ1n) is 7.15.